The van der Waals surface area contributed by atoms with Gasteiger partial charge in [0.05, 0.1) is 34.6 Å². The minimum absolute atomic E-state index is 0.0138. The first-order valence-corrected chi connectivity index (χ1v) is 14.7. The normalized spacial score (nSPS) is 15.2. The number of ether oxygens (including phenoxy) is 2. The summed E-state index contributed by atoms with van der Waals surface area (Å²) in [6, 6.07) is 24.6. The van der Waals surface area contributed by atoms with E-state index in [-0.39, 0.29) is 18.3 Å². The van der Waals surface area contributed by atoms with Gasteiger partial charge in [-0.1, -0.05) is 98.0 Å². The molecule has 0 fully saturated rings. The highest BCUT2D eigenvalue weighted by atomic mass is 32.1. The van der Waals surface area contributed by atoms with Gasteiger partial charge in [-0.3, -0.25) is 9.36 Å². The van der Waals surface area contributed by atoms with Gasteiger partial charge in [0.25, 0.3) is 5.56 Å². The third kappa shape index (κ3) is 5.81. The fourth-order valence-corrected chi connectivity index (χ4v) is 5.91. The van der Waals surface area contributed by atoms with Gasteiger partial charge in [0.1, 0.15) is 5.75 Å². The van der Waals surface area contributed by atoms with Gasteiger partial charge >= 0.3 is 5.97 Å². The highest BCUT2D eigenvalue weighted by Gasteiger charge is 2.35. The first-order valence-electron chi connectivity index (χ1n) is 13.9. The minimum Gasteiger partial charge on any atom is -0.490 e. The predicted molar refractivity (Wildman–Crippen MR) is 164 cm³/mol. The second kappa shape index (κ2) is 12.1. The first kappa shape index (κ1) is 28.3. The van der Waals surface area contributed by atoms with Crippen molar-refractivity contribution in [1.29, 1.82) is 0 Å². The van der Waals surface area contributed by atoms with Crippen molar-refractivity contribution in [2.24, 2.45) is 4.99 Å². The SMILES string of the molecule is CCOC(=O)C1=C(c2ccccc2)N=c2s/c(=C\c3ccccc3OC(C)C)c(=O)n2C1c1ccc(C(C)C)cc1. The third-order valence-corrected chi connectivity index (χ3v) is 7.84. The number of hydrogen-bond acceptors (Lipinski definition) is 6. The maximum Gasteiger partial charge on any atom is 0.338 e. The van der Waals surface area contributed by atoms with Gasteiger partial charge in [-0.05, 0) is 50.0 Å². The minimum atomic E-state index is -0.703. The van der Waals surface area contributed by atoms with E-state index < -0.39 is 12.0 Å². The molecule has 3 aromatic carbocycles. The molecule has 6 nitrogen and oxygen atoms in total. The lowest BCUT2D eigenvalue weighted by molar-refractivity contribution is -0.138. The van der Waals surface area contributed by atoms with Crippen molar-refractivity contribution in [2.45, 2.75) is 52.7 Å². The summed E-state index contributed by atoms with van der Waals surface area (Å²) in [5.74, 6) is 0.559. The highest BCUT2D eigenvalue weighted by Crippen LogP contribution is 2.35. The van der Waals surface area contributed by atoms with Crippen LogP contribution in [-0.4, -0.2) is 23.2 Å². The zero-order valence-corrected chi connectivity index (χ0v) is 24.8. The van der Waals surface area contributed by atoms with Gasteiger partial charge in [0.2, 0.25) is 0 Å². The Morgan fingerprint density at radius 2 is 1.66 bits per heavy atom. The molecule has 0 radical (unpaired) electrons. The zero-order chi connectivity index (χ0) is 29.1. The van der Waals surface area contributed by atoms with Crippen LogP contribution in [0, 0.1) is 0 Å². The van der Waals surface area contributed by atoms with Crippen LogP contribution in [0.2, 0.25) is 0 Å². The molecule has 210 valence electrons. The van der Waals surface area contributed by atoms with Crippen LogP contribution >= 0.6 is 11.3 Å². The van der Waals surface area contributed by atoms with Gasteiger partial charge in [0.15, 0.2) is 4.80 Å². The van der Waals surface area contributed by atoms with E-state index in [1.54, 1.807) is 11.5 Å². The summed E-state index contributed by atoms with van der Waals surface area (Å²) in [5.41, 5.74) is 4.21. The number of aromatic nitrogens is 1. The van der Waals surface area contributed by atoms with Crippen LogP contribution in [-0.2, 0) is 9.53 Å². The lowest BCUT2D eigenvalue weighted by Gasteiger charge is -2.26. The monoisotopic (exact) mass is 566 g/mol. The topological polar surface area (TPSA) is 69.9 Å². The Bertz CT molecular complexity index is 1760. The number of benzene rings is 3. The van der Waals surface area contributed by atoms with Gasteiger partial charge in [-0.25, -0.2) is 9.79 Å². The molecule has 0 aliphatic carbocycles. The van der Waals surface area contributed by atoms with Gasteiger partial charge < -0.3 is 9.47 Å². The fourth-order valence-electron chi connectivity index (χ4n) is 4.92. The molecular weight excluding hydrogens is 532 g/mol. The van der Waals surface area contributed by atoms with Crippen LogP contribution in [0.3, 0.4) is 0 Å². The molecule has 0 saturated carbocycles. The molecule has 4 aromatic rings. The molecule has 1 aliphatic heterocycles. The first-order chi connectivity index (χ1) is 19.8. The summed E-state index contributed by atoms with van der Waals surface area (Å²) >= 11 is 1.30. The Labute approximate surface area is 243 Å². The number of esters is 1. The average Bonchev–Trinajstić information content (AvgIpc) is 3.27. The van der Waals surface area contributed by atoms with Crippen LogP contribution in [0.1, 0.15) is 68.8 Å². The maximum absolute atomic E-state index is 14.1. The summed E-state index contributed by atoms with van der Waals surface area (Å²) in [6.45, 7) is 10.2. The molecule has 1 unspecified atom stereocenters. The number of nitrogens with zero attached hydrogens (tertiary/aromatic N) is 2. The fraction of sp³-hybridized carbons (Fsp3) is 0.265. The molecule has 41 heavy (non-hydrogen) atoms. The number of fused-ring (bicyclic) bond motifs is 1. The molecule has 0 bridgehead atoms. The Hall–Kier alpha value is -4.23. The number of para-hydroxylation sites is 1. The van der Waals surface area contributed by atoms with Crippen molar-refractivity contribution in [2.75, 3.05) is 6.61 Å². The third-order valence-electron chi connectivity index (χ3n) is 6.86. The lowest BCUT2D eigenvalue weighted by Crippen LogP contribution is -2.40. The summed E-state index contributed by atoms with van der Waals surface area (Å²) in [6.07, 6.45) is 1.83. The summed E-state index contributed by atoms with van der Waals surface area (Å²) < 4.78 is 13.7. The molecule has 0 saturated heterocycles. The number of carbonyl (C=O) groups is 1. The number of rotatable bonds is 8. The number of thiazole rings is 1. The van der Waals surface area contributed by atoms with Gasteiger partial charge in [-0.2, -0.15) is 0 Å². The lowest BCUT2D eigenvalue weighted by atomic mass is 9.91. The molecular formula is C34H34N2O4S. The van der Waals surface area contributed by atoms with Crippen LogP contribution in [0.25, 0.3) is 11.8 Å². The van der Waals surface area contributed by atoms with Crippen molar-refractivity contribution in [3.8, 4) is 5.75 Å². The standard InChI is InChI=1S/C34H34N2O4S/c1-6-39-33(38)29-30(24-12-8-7-9-13-24)35-34-36(31(29)25-18-16-23(17-19-25)21(2)3)32(37)28(41-34)20-26-14-10-11-15-27(26)40-22(4)5/h7-22,31H,6H2,1-5H3/b28-20-. The van der Waals surface area contributed by atoms with Crippen molar-refractivity contribution < 1.29 is 14.3 Å². The van der Waals surface area contributed by atoms with Crippen molar-refractivity contribution in [1.82, 2.24) is 4.57 Å². The van der Waals surface area contributed by atoms with Crippen LogP contribution < -0.4 is 19.6 Å². The van der Waals surface area contributed by atoms with Crippen LogP contribution in [0.15, 0.2) is 94.2 Å². The van der Waals surface area contributed by atoms with E-state index in [0.717, 1.165) is 16.7 Å². The van der Waals surface area contributed by atoms with E-state index in [9.17, 15) is 9.59 Å². The second-order valence-electron chi connectivity index (χ2n) is 10.5. The Kier molecular flexibility index (Phi) is 8.36. The second-order valence-corrected chi connectivity index (χ2v) is 11.5. The van der Waals surface area contributed by atoms with E-state index in [2.05, 4.69) is 26.0 Å². The molecule has 0 amide bonds. The molecule has 7 heteroatoms. The molecule has 5 rings (SSSR count). The smallest absolute Gasteiger partial charge is 0.338 e. The van der Waals surface area contributed by atoms with E-state index in [1.807, 2.05) is 86.7 Å². The molecule has 1 aromatic heterocycles. The van der Waals surface area contributed by atoms with E-state index in [4.69, 9.17) is 14.5 Å². The Morgan fingerprint density at radius 1 is 0.976 bits per heavy atom. The maximum atomic E-state index is 14.1. The van der Waals surface area contributed by atoms with Crippen molar-refractivity contribution >= 4 is 29.1 Å². The van der Waals surface area contributed by atoms with E-state index in [1.165, 1.54) is 16.9 Å². The number of hydrogen-bond donors (Lipinski definition) is 0. The summed E-state index contributed by atoms with van der Waals surface area (Å²) in [5, 5.41) is 0. The largest absolute Gasteiger partial charge is 0.490 e. The molecule has 1 atom stereocenters. The zero-order valence-electron chi connectivity index (χ0n) is 24.0. The van der Waals surface area contributed by atoms with Crippen LogP contribution in [0.5, 0.6) is 5.75 Å². The van der Waals surface area contributed by atoms with E-state index >= 15 is 0 Å². The van der Waals surface area contributed by atoms with Gasteiger partial charge in [0, 0.05) is 11.1 Å². The van der Waals surface area contributed by atoms with E-state index in [0.29, 0.717) is 32.3 Å². The van der Waals surface area contributed by atoms with Crippen molar-refractivity contribution in [3.63, 3.8) is 0 Å². The van der Waals surface area contributed by atoms with Gasteiger partial charge in [-0.15, -0.1) is 0 Å². The predicted octanol–water partition coefficient (Wildman–Crippen LogP) is 5.85. The van der Waals surface area contributed by atoms with Crippen molar-refractivity contribution in [3.05, 3.63) is 126 Å². The molecule has 0 N–H and O–H groups in total. The highest BCUT2D eigenvalue weighted by molar-refractivity contribution is 7.07. The van der Waals surface area contributed by atoms with Crippen LogP contribution in [0.4, 0.5) is 0 Å². The summed E-state index contributed by atoms with van der Waals surface area (Å²) in [7, 11) is 0. The Morgan fingerprint density at radius 3 is 2.32 bits per heavy atom. The number of carbonyl (C=O) groups excluding carboxylic acids is 1. The average molecular weight is 567 g/mol. The molecule has 2 heterocycles. The molecule has 1 aliphatic rings. The molecule has 0 spiro atoms. The summed E-state index contributed by atoms with van der Waals surface area (Å²) in [4.78, 5) is 33.2. The quantitative estimate of drug-likeness (QED) is 0.251. The Balaban J connectivity index is 1.80.